The lowest BCUT2D eigenvalue weighted by Gasteiger charge is -2.31. The lowest BCUT2D eigenvalue weighted by Crippen LogP contribution is -2.40. The summed E-state index contributed by atoms with van der Waals surface area (Å²) in [6.07, 6.45) is 1.99. The zero-order valence-electron chi connectivity index (χ0n) is 11.6. The first-order valence-electron chi connectivity index (χ1n) is 7.07. The minimum atomic E-state index is -0.301. The first kappa shape index (κ1) is 14.1. The number of amides is 2. The summed E-state index contributed by atoms with van der Waals surface area (Å²) in [6, 6.07) is 9.98. The van der Waals surface area contributed by atoms with Crippen molar-refractivity contribution in [3.63, 3.8) is 0 Å². The molecule has 5 heteroatoms. The predicted molar refractivity (Wildman–Crippen MR) is 83.3 cm³/mol. The van der Waals surface area contributed by atoms with Gasteiger partial charge in [-0.2, -0.15) is 0 Å². The Morgan fingerprint density at radius 2 is 1.90 bits per heavy atom. The highest BCUT2D eigenvalue weighted by molar-refractivity contribution is 7.10. The van der Waals surface area contributed by atoms with E-state index in [4.69, 9.17) is 0 Å². The van der Waals surface area contributed by atoms with E-state index in [1.54, 1.807) is 23.5 Å². The number of piperidine rings is 1. The van der Waals surface area contributed by atoms with Crippen molar-refractivity contribution in [1.29, 1.82) is 0 Å². The second kappa shape index (κ2) is 6.26. The van der Waals surface area contributed by atoms with Gasteiger partial charge in [0.15, 0.2) is 0 Å². The Morgan fingerprint density at radius 1 is 1.19 bits per heavy atom. The third-order valence-corrected chi connectivity index (χ3v) is 4.86. The maximum absolute atomic E-state index is 12.8. The molecule has 1 aliphatic rings. The van der Waals surface area contributed by atoms with Gasteiger partial charge in [-0.05, 0) is 54.5 Å². The van der Waals surface area contributed by atoms with Gasteiger partial charge in [-0.1, -0.05) is 6.07 Å². The van der Waals surface area contributed by atoms with Gasteiger partial charge in [0.25, 0.3) is 0 Å². The molecule has 0 atom stereocenters. The third kappa shape index (κ3) is 3.42. The summed E-state index contributed by atoms with van der Waals surface area (Å²) in [4.78, 5) is 15.4. The van der Waals surface area contributed by atoms with Crippen LogP contribution >= 0.6 is 11.3 Å². The summed E-state index contributed by atoms with van der Waals surface area (Å²) < 4.78 is 12.8. The number of likely N-dealkylation sites (tertiary alicyclic amines) is 1. The molecule has 0 radical (unpaired) electrons. The van der Waals surface area contributed by atoms with Gasteiger partial charge in [-0.25, -0.2) is 9.18 Å². The SMILES string of the molecule is O=C(Nc1ccc(F)cc1)N1CCC(c2cccs2)CC1. The number of carbonyl (C=O) groups excluding carboxylic acids is 1. The second-order valence-corrected chi connectivity index (χ2v) is 6.19. The van der Waals surface area contributed by atoms with Crippen molar-refractivity contribution in [2.45, 2.75) is 18.8 Å². The Bertz CT molecular complexity index is 589. The normalized spacial score (nSPS) is 16.0. The van der Waals surface area contributed by atoms with E-state index in [0.717, 1.165) is 25.9 Å². The fraction of sp³-hybridized carbons (Fsp3) is 0.312. The molecular weight excluding hydrogens is 287 g/mol. The number of rotatable bonds is 2. The molecule has 1 fully saturated rings. The van der Waals surface area contributed by atoms with Gasteiger partial charge < -0.3 is 10.2 Å². The maximum atomic E-state index is 12.8. The fourth-order valence-corrected chi connectivity index (χ4v) is 3.53. The van der Waals surface area contributed by atoms with E-state index >= 15 is 0 Å². The summed E-state index contributed by atoms with van der Waals surface area (Å²) in [5.41, 5.74) is 0.627. The van der Waals surface area contributed by atoms with Crippen molar-refractivity contribution >= 4 is 23.1 Å². The van der Waals surface area contributed by atoms with Crippen LogP contribution in [-0.4, -0.2) is 24.0 Å². The molecule has 1 aromatic heterocycles. The second-order valence-electron chi connectivity index (χ2n) is 5.21. The van der Waals surface area contributed by atoms with Crippen LogP contribution in [0.2, 0.25) is 0 Å². The highest BCUT2D eigenvalue weighted by atomic mass is 32.1. The summed E-state index contributed by atoms with van der Waals surface area (Å²) in [5.74, 6) is 0.268. The molecule has 21 heavy (non-hydrogen) atoms. The van der Waals surface area contributed by atoms with Crippen LogP contribution in [0.4, 0.5) is 14.9 Å². The van der Waals surface area contributed by atoms with E-state index in [9.17, 15) is 9.18 Å². The van der Waals surface area contributed by atoms with Crippen LogP contribution < -0.4 is 5.32 Å². The Hall–Kier alpha value is -1.88. The van der Waals surface area contributed by atoms with Crippen LogP contribution in [0.5, 0.6) is 0 Å². The van der Waals surface area contributed by atoms with Crippen LogP contribution in [0.25, 0.3) is 0 Å². The van der Waals surface area contributed by atoms with Crippen LogP contribution in [0.15, 0.2) is 41.8 Å². The number of nitrogens with zero attached hydrogens (tertiary/aromatic N) is 1. The molecule has 1 saturated heterocycles. The number of carbonyl (C=O) groups is 1. The van der Waals surface area contributed by atoms with Crippen LogP contribution in [0.3, 0.4) is 0 Å². The monoisotopic (exact) mass is 304 g/mol. The Labute approximate surface area is 127 Å². The van der Waals surface area contributed by atoms with E-state index in [1.807, 2.05) is 4.90 Å². The van der Waals surface area contributed by atoms with E-state index in [-0.39, 0.29) is 11.8 Å². The molecule has 110 valence electrons. The number of urea groups is 1. The van der Waals surface area contributed by atoms with Crippen molar-refractivity contribution in [3.05, 3.63) is 52.5 Å². The van der Waals surface area contributed by atoms with Crippen molar-refractivity contribution in [2.24, 2.45) is 0 Å². The molecule has 0 aliphatic carbocycles. The predicted octanol–water partition coefficient (Wildman–Crippen LogP) is 4.30. The summed E-state index contributed by atoms with van der Waals surface area (Å²) in [7, 11) is 0. The molecule has 2 aromatic rings. The number of thiophene rings is 1. The van der Waals surface area contributed by atoms with Crippen molar-refractivity contribution in [2.75, 3.05) is 18.4 Å². The van der Waals surface area contributed by atoms with Crippen LogP contribution in [0.1, 0.15) is 23.6 Å². The van der Waals surface area contributed by atoms with Gasteiger partial charge in [0, 0.05) is 23.7 Å². The van der Waals surface area contributed by atoms with Gasteiger partial charge in [0.1, 0.15) is 5.82 Å². The lowest BCUT2D eigenvalue weighted by molar-refractivity contribution is 0.195. The molecule has 0 bridgehead atoms. The standard InChI is InChI=1S/C16H17FN2OS/c17-13-3-5-14(6-4-13)18-16(20)19-9-7-12(8-10-19)15-2-1-11-21-15/h1-6,11-12H,7-10H2,(H,18,20). The molecule has 0 spiro atoms. The molecule has 1 aliphatic heterocycles. The molecule has 2 heterocycles. The first-order valence-corrected chi connectivity index (χ1v) is 7.95. The number of hydrogen-bond acceptors (Lipinski definition) is 2. The van der Waals surface area contributed by atoms with Gasteiger partial charge in [0.2, 0.25) is 0 Å². The van der Waals surface area contributed by atoms with E-state index in [0.29, 0.717) is 11.6 Å². The molecule has 1 N–H and O–H groups in total. The quantitative estimate of drug-likeness (QED) is 0.881. The lowest BCUT2D eigenvalue weighted by atomic mass is 9.95. The van der Waals surface area contributed by atoms with Gasteiger partial charge >= 0.3 is 6.03 Å². The Kier molecular flexibility index (Phi) is 4.20. The van der Waals surface area contributed by atoms with E-state index in [2.05, 4.69) is 22.8 Å². The molecule has 0 unspecified atom stereocenters. The molecule has 1 aromatic carbocycles. The number of benzene rings is 1. The van der Waals surface area contributed by atoms with Gasteiger partial charge in [0.05, 0.1) is 0 Å². The van der Waals surface area contributed by atoms with Crippen molar-refractivity contribution in [1.82, 2.24) is 4.90 Å². The highest BCUT2D eigenvalue weighted by Gasteiger charge is 2.24. The number of nitrogens with one attached hydrogen (secondary N) is 1. The zero-order chi connectivity index (χ0) is 14.7. The van der Waals surface area contributed by atoms with Crippen molar-refractivity contribution in [3.8, 4) is 0 Å². The Balaban J connectivity index is 1.54. The molecule has 3 rings (SSSR count). The van der Waals surface area contributed by atoms with Crippen molar-refractivity contribution < 1.29 is 9.18 Å². The molecule has 0 saturated carbocycles. The van der Waals surface area contributed by atoms with Gasteiger partial charge in [-0.15, -0.1) is 11.3 Å². The minimum absolute atomic E-state index is 0.105. The molecule has 2 amide bonds. The van der Waals surface area contributed by atoms with Crippen LogP contribution in [0, 0.1) is 5.82 Å². The zero-order valence-corrected chi connectivity index (χ0v) is 12.4. The smallest absolute Gasteiger partial charge is 0.321 e. The average molecular weight is 304 g/mol. The number of anilines is 1. The first-order chi connectivity index (χ1) is 10.2. The molecular formula is C16H17FN2OS. The third-order valence-electron chi connectivity index (χ3n) is 3.82. The van der Waals surface area contributed by atoms with E-state index in [1.165, 1.54) is 17.0 Å². The minimum Gasteiger partial charge on any atom is -0.324 e. The number of hydrogen-bond donors (Lipinski definition) is 1. The summed E-state index contributed by atoms with van der Waals surface area (Å²) in [5, 5.41) is 4.91. The Morgan fingerprint density at radius 3 is 2.52 bits per heavy atom. The highest BCUT2D eigenvalue weighted by Crippen LogP contribution is 2.31. The largest absolute Gasteiger partial charge is 0.324 e. The van der Waals surface area contributed by atoms with Gasteiger partial charge in [-0.3, -0.25) is 0 Å². The fourth-order valence-electron chi connectivity index (χ4n) is 2.63. The summed E-state index contributed by atoms with van der Waals surface area (Å²) >= 11 is 1.79. The number of halogens is 1. The molecule has 3 nitrogen and oxygen atoms in total. The average Bonchev–Trinajstić information content (AvgIpc) is 3.04. The van der Waals surface area contributed by atoms with Crippen LogP contribution in [-0.2, 0) is 0 Å². The summed E-state index contributed by atoms with van der Waals surface area (Å²) in [6.45, 7) is 1.52. The maximum Gasteiger partial charge on any atom is 0.321 e. The van der Waals surface area contributed by atoms with E-state index < -0.39 is 0 Å². The topological polar surface area (TPSA) is 32.3 Å².